The number of fused-ring (bicyclic) bond motifs is 1. The molecule has 1 aliphatic rings. The van der Waals surface area contributed by atoms with E-state index in [1.54, 1.807) is 44.4 Å². The van der Waals surface area contributed by atoms with Crippen LogP contribution in [0, 0.1) is 12.8 Å². The minimum atomic E-state index is -3.95. The maximum absolute atomic E-state index is 13.7. The van der Waals surface area contributed by atoms with Gasteiger partial charge in [-0.2, -0.15) is 0 Å². The SMILES string of the molecule is COc1ccc(Cl)c(N=C2/C(NS(=O)(=O)c3cc(N)ccc3C)=C/CC(C)c3ccccc3CCC2C)c1. The molecule has 0 bridgehead atoms. The molecule has 3 aromatic carbocycles. The van der Waals surface area contributed by atoms with Gasteiger partial charge in [-0.3, -0.25) is 4.72 Å². The topological polar surface area (TPSA) is 93.8 Å². The summed E-state index contributed by atoms with van der Waals surface area (Å²) in [5.41, 5.74) is 11.1. The first-order chi connectivity index (χ1) is 18.1. The molecule has 200 valence electrons. The van der Waals surface area contributed by atoms with E-state index in [2.05, 4.69) is 42.8 Å². The van der Waals surface area contributed by atoms with Crippen molar-refractivity contribution in [1.29, 1.82) is 0 Å². The highest BCUT2D eigenvalue weighted by Crippen LogP contribution is 2.33. The third-order valence-electron chi connectivity index (χ3n) is 6.99. The van der Waals surface area contributed by atoms with Crippen LogP contribution < -0.4 is 15.2 Å². The number of hydrogen-bond acceptors (Lipinski definition) is 5. The van der Waals surface area contributed by atoms with Gasteiger partial charge in [-0.15, -0.1) is 0 Å². The van der Waals surface area contributed by atoms with E-state index in [1.165, 1.54) is 17.2 Å². The molecule has 4 rings (SSSR count). The van der Waals surface area contributed by atoms with Gasteiger partial charge in [0.15, 0.2) is 0 Å². The normalized spacial score (nSPS) is 20.8. The Labute approximate surface area is 230 Å². The van der Waals surface area contributed by atoms with E-state index in [-0.39, 0.29) is 16.7 Å². The fourth-order valence-corrected chi connectivity index (χ4v) is 6.28. The number of methoxy groups -OCH3 is 1. The second kappa shape index (κ2) is 11.6. The molecule has 0 aliphatic heterocycles. The number of anilines is 1. The molecular formula is C30H34ClN3O3S. The van der Waals surface area contributed by atoms with E-state index >= 15 is 0 Å². The van der Waals surface area contributed by atoms with Crippen molar-refractivity contribution in [1.82, 2.24) is 4.72 Å². The molecule has 2 atom stereocenters. The fraction of sp³-hybridized carbons (Fsp3) is 0.300. The number of rotatable bonds is 5. The first-order valence-electron chi connectivity index (χ1n) is 12.7. The zero-order chi connectivity index (χ0) is 27.4. The molecule has 2 unspecified atom stereocenters. The van der Waals surface area contributed by atoms with Crippen LogP contribution in [-0.4, -0.2) is 21.2 Å². The van der Waals surface area contributed by atoms with Crippen molar-refractivity contribution in [2.75, 3.05) is 12.8 Å². The molecule has 0 aromatic heterocycles. The van der Waals surface area contributed by atoms with Crippen molar-refractivity contribution in [3.05, 3.63) is 94.1 Å². The highest BCUT2D eigenvalue weighted by Gasteiger charge is 2.25. The minimum absolute atomic E-state index is 0.0744. The third kappa shape index (κ3) is 6.22. The Morgan fingerprint density at radius 3 is 2.58 bits per heavy atom. The number of aliphatic imine (C=N–C) groups is 1. The average molecular weight is 552 g/mol. The van der Waals surface area contributed by atoms with Crippen LogP contribution in [0.25, 0.3) is 0 Å². The molecule has 0 spiro atoms. The van der Waals surface area contributed by atoms with Gasteiger partial charge in [-0.05, 0) is 73.1 Å². The second-order valence-corrected chi connectivity index (χ2v) is 11.9. The summed E-state index contributed by atoms with van der Waals surface area (Å²) in [6.07, 6.45) is 4.19. The van der Waals surface area contributed by atoms with Crippen LogP contribution in [0.5, 0.6) is 5.75 Å². The smallest absolute Gasteiger partial charge is 0.262 e. The van der Waals surface area contributed by atoms with Crippen molar-refractivity contribution in [2.24, 2.45) is 10.9 Å². The number of benzene rings is 3. The maximum atomic E-state index is 13.7. The number of nitrogens with one attached hydrogen (secondary N) is 1. The van der Waals surface area contributed by atoms with Gasteiger partial charge in [-0.1, -0.05) is 61.9 Å². The summed E-state index contributed by atoms with van der Waals surface area (Å²) in [7, 11) is -2.37. The van der Waals surface area contributed by atoms with Crippen molar-refractivity contribution in [3.8, 4) is 5.75 Å². The first-order valence-corrected chi connectivity index (χ1v) is 14.5. The molecule has 0 fully saturated rings. The first kappa shape index (κ1) is 27.7. The third-order valence-corrected chi connectivity index (χ3v) is 8.82. The van der Waals surface area contributed by atoms with Crippen LogP contribution >= 0.6 is 11.6 Å². The molecule has 0 amide bonds. The van der Waals surface area contributed by atoms with Gasteiger partial charge >= 0.3 is 0 Å². The summed E-state index contributed by atoms with van der Waals surface area (Å²) in [6.45, 7) is 5.97. The predicted octanol–water partition coefficient (Wildman–Crippen LogP) is 6.95. The lowest BCUT2D eigenvalue weighted by molar-refractivity contribution is 0.415. The molecule has 38 heavy (non-hydrogen) atoms. The molecule has 8 heteroatoms. The lowest BCUT2D eigenvalue weighted by Gasteiger charge is -2.24. The van der Waals surface area contributed by atoms with Gasteiger partial charge in [0.25, 0.3) is 10.0 Å². The Balaban J connectivity index is 1.86. The highest BCUT2D eigenvalue weighted by molar-refractivity contribution is 7.89. The number of sulfonamides is 1. The molecule has 0 heterocycles. The monoisotopic (exact) mass is 551 g/mol. The molecule has 3 aromatic rings. The number of nitrogens with zero attached hydrogens (tertiary/aromatic N) is 1. The van der Waals surface area contributed by atoms with Crippen LogP contribution in [-0.2, 0) is 16.4 Å². The molecule has 0 saturated carbocycles. The lowest BCUT2D eigenvalue weighted by atomic mass is 9.86. The number of ether oxygens (including phenoxy) is 1. The second-order valence-electron chi connectivity index (χ2n) is 9.84. The lowest BCUT2D eigenvalue weighted by Crippen LogP contribution is -2.31. The quantitative estimate of drug-likeness (QED) is 0.335. The Hall–Kier alpha value is -3.29. The van der Waals surface area contributed by atoms with E-state index in [1.807, 2.05) is 6.08 Å². The van der Waals surface area contributed by atoms with Crippen molar-refractivity contribution in [2.45, 2.75) is 50.8 Å². The molecule has 0 radical (unpaired) electrons. The van der Waals surface area contributed by atoms with Crippen LogP contribution in [0.15, 0.2) is 82.3 Å². The van der Waals surface area contributed by atoms with E-state index in [9.17, 15) is 8.42 Å². The van der Waals surface area contributed by atoms with Crippen LogP contribution in [0.3, 0.4) is 0 Å². The summed E-state index contributed by atoms with van der Waals surface area (Å²) in [5, 5.41) is 0.454. The predicted molar refractivity (Wildman–Crippen MR) is 156 cm³/mol. The summed E-state index contributed by atoms with van der Waals surface area (Å²) < 4.78 is 35.6. The zero-order valence-electron chi connectivity index (χ0n) is 22.2. The summed E-state index contributed by atoms with van der Waals surface area (Å²) >= 11 is 6.52. The summed E-state index contributed by atoms with van der Waals surface area (Å²) in [6, 6.07) is 18.6. The summed E-state index contributed by atoms with van der Waals surface area (Å²) in [4.78, 5) is 5.09. The van der Waals surface area contributed by atoms with Crippen LogP contribution in [0.4, 0.5) is 11.4 Å². The van der Waals surface area contributed by atoms with Crippen molar-refractivity contribution < 1.29 is 13.2 Å². The highest BCUT2D eigenvalue weighted by atomic mass is 35.5. The Kier molecular flexibility index (Phi) is 8.48. The number of nitrogen functional groups attached to an aromatic ring is 1. The van der Waals surface area contributed by atoms with Gasteiger partial charge in [0.05, 0.1) is 34.1 Å². The fourth-order valence-electron chi connectivity index (χ4n) is 4.75. The van der Waals surface area contributed by atoms with E-state index in [0.29, 0.717) is 45.5 Å². The van der Waals surface area contributed by atoms with E-state index in [4.69, 9.17) is 27.1 Å². The number of aryl methyl sites for hydroxylation is 2. The van der Waals surface area contributed by atoms with Gasteiger partial charge < -0.3 is 10.5 Å². The molecule has 3 N–H and O–H groups in total. The Bertz CT molecular complexity index is 1500. The van der Waals surface area contributed by atoms with Gasteiger partial charge in [0.1, 0.15) is 5.75 Å². The number of hydrogen-bond donors (Lipinski definition) is 2. The zero-order valence-corrected chi connectivity index (χ0v) is 23.7. The van der Waals surface area contributed by atoms with Crippen molar-refractivity contribution >= 4 is 38.7 Å². The van der Waals surface area contributed by atoms with Gasteiger partial charge in [0.2, 0.25) is 0 Å². The standard InChI is InChI=1S/C30H34ClN3O3S/c1-19-11-16-27(34-38(35,36)29-17-23(32)13-10-20(29)2)30(33-28-18-24(37-4)14-15-26(28)31)21(3)9-12-22-7-5-6-8-25(19)22/h5-8,10,13-19,21,34H,9,11-12,32H2,1-4H3/b27-16-,33-30?. The molecule has 6 nitrogen and oxygen atoms in total. The van der Waals surface area contributed by atoms with Gasteiger partial charge in [-0.25, -0.2) is 13.4 Å². The van der Waals surface area contributed by atoms with E-state index in [0.717, 1.165) is 12.8 Å². The average Bonchev–Trinajstić information content (AvgIpc) is 2.90. The maximum Gasteiger partial charge on any atom is 0.262 e. The Morgan fingerprint density at radius 2 is 1.82 bits per heavy atom. The van der Waals surface area contributed by atoms with Gasteiger partial charge in [0, 0.05) is 17.7 Å². The number of allylic oxidation sites excluding steroid dienone is 2. The van der Waals surface area contributed by atoms with Crippen LogP contribution in [0.2, 0.25) is 5.02 Å². The Morgan fingerprint density at radius 1 is 1.05 bits per heavy atom. The minimum Gasteiger partial charge on any atom is -0.497 e. The van der Waals surface area contributed by atoms with Crippen molar-refractivity contribution in [3.63, 3.8) is 0 Å². The molecule has 1 aliphatic carbocycles. The number of nitrogens with two attached hydrogens (primary N) is 1. The largest absolute Gasteiger partial charge is 0.497 e. The molecule has 0 saturated heterocycles. The summed E-state index contributed by atoms with van der Waals surface area (Å²) in [5.74, 6) is 0.731. The van der Waals surface area contributed by atoms with E-state index < -0.39 is 10.0 Å². The van der Waals surface area contributed by atoms with Crippen LogP contribution in [0.1, 0.15) is 49.3 Å². The molecular weight excluding hydrogens is 518 g/mol. The number of halogens is 1.